The summed E-state index contributed by atoms with van der Waals surface area (Å²) in [7, 11) is 0. The third kappa shape index (κ3) is 3.96. The molecular formula is C23H16N2O8. The molecule has 7 N–H and O–H groups in total. The molecule has 0 heterocycles. The van der Waals surface area contributed by atoms with E-state index in [0.29, 0.717) is 33.6 Å². The molecule has 33 heavy (non-hydrogen) atoms. The number of hydrogen-bond donors (Lipinski definition) is 5. The van der Waals surface area contributed by atoms with Crippen molar-refractivity contribution in [2.45, 2.75) is 18.3 Å². The standard InChI is InChI=1S/C14H10N2O2.C9H6O6/c15-7-1-3-9-11(5-7)14(18)10-4-2-8(16)6-12(10)13(9)17;10-1-4-7(13)5(2-11)9(15)6(3-12)8(4)14/h1-6H,15-16H2;7-9,13-15H. The molecule has 0 atom stereocenters. The zero-order chi connectivity index (χ0) is 24.4. The molecule has 2 aromatic rings. The number of nitrogen functional groups attached to an aromatic ring is 2. The predicted molar refractivity (Wildman–Crippen MR) is 114 cm³/mol. The van der Waals surface area contributed by atoms with E-state index < -0.39 is 35.0 Å². The number of aliphatic hydroxyl groups is 3. The second-order valence-corrected chi connectivity index (χ2v) is 7.15. The van der Waals surface area contributed by atoms with Crippen molar-refractivity contribution in [3.05, 3.63) is 75.4 Å². The Hall–Kier alpha value is -4.39. The molecule has 2 aliphatic rings. The average molecular weight is 448 g/mol. The second kappa shape index (κ2) is 9.00. The van der Waals surface area contributed by atoms with E-state index >= 15 is 0 Å². The SMILES string of the molecule is Nc1ccc2c(c1)C(=O)c1ccc(N)cc1C2=O.O=C=C1C(O)C(=C=O)C(O)C(=C=O)C1O. The van der Waals surface area contributed by atoms with Gasteiger partial charge in [-0.15, -0.1) is 0 Å². The topological polar surface area (TPSA) is 198 Å². The van der Waals surface area contributed by atoms with Crippen LogP contribution in [0.2, 0.25) is 0 Å². The van der Waals surface area contributed by atoms with Crippen molar-refractivity contribution in [3.63, 3.8) is 0 Å². The van der Waals surface area contributed by atoms with Gasteiger partial charge in [-0.1, -0.05) is 0 Å². The fraction of sp³-hybridized carbons (Fsp3) is 0.130. The summed E-state index contributed by atoms with van der Waals surface area (Å²) in [5, 5.41) is 28.0. The zero-order valence-corrected chi connectivity index (χ0v) is 16.7. The second-order valence-electron chi connectivity index (χ2n) is 7.15. The van der Waals surface area contributed by atoms with Crippen LogP contribution in [0.5, 0.6) is 0 Å². The highest BCUT2D eigenvalue weighted by Gasteiger charge is 2.41. The van der Waals surface area contributed by atoms with Crippen LogP contribution in [0.1, 0.15) is 31.8 Å². The normalized spacial score (nSPS) is 21.1. The summed E-state index contributed by atoms with van der Waals surface area (Å²) in [6.45, 7) is 0. The van der Waals surface area contributed by atoms with Gasteiger partial charge in [0.1, 0.15) is 36.1 Å². The fourth-order valence-electron chi connectivity index (χ4n) is 3.47. The van der Waals surface area contributed by atoms with Crippen LogP contribution in [0.25, 0.3) is 0 Å². The zero-order valence-electron chi connectivity index (χ0n) is 16.7. The van der Waals surface area contributed by atoms with Crippen molar-refractivity contribution in [2.24, 2.45) is 0 Å². The maximum Gasteiger partial charge on any atom is 0.194 e. The molecule has 0 amide bonds. The summed E-state index contributed by atoms with van der Waals surface area (Å²) in [6, 6.07) is 9.46. The number of benzene rings is 2. The summed E-state index contributed by atoms with van der Waals surface area (Å²) in [6.07, 6.45) is -5.33. The minimum absolute atomic E-state index is 0.188. The van der Waals surface area contributed by atoms with Crippen molar-refractivity contribution >= 4 is 40.8 Å². The van der Waals surface area contributed by atoms with Crippen LogP contribution in [-0.2, 0) is 14.4 Å². The van der Waals surface area contributed by atoms with Gasteiger partial charge in [-0.2, -0.15) is 0 Å². The number of nitrogens with two attached hydrogens (primary N) is 2. The quantitative estimate of drug-likeness (QED) is 0.210. The summed E-state index contributed by atoms with van der Waals surface area (Å²) >= 11 is 0. The molecule has 2 aromatic carbocycles. The van der Waals surface area contributed by atoms with Crippen LogP contribution in [0.3, 0.4) is 0 Å². The smallest absolute Gasteiger partial charge is 0.194 e. The number of hydrogen-bond acceptors (Lipinski definition) is 10. The van der Waals surface area contributed by atoms with Gasteiger partial charge in [-0.05, 0) is 36.4 Å². The molecule has 0 aromatic heterocycles. The van der Waals surface area contributed by atoms with Gasteiger partial charge in [0.2, 0.25) is 0 Å². The van der Waals surface area contributed by atoms with E-state index in [2.05, 4.69) is 0 Å². The Balaban J connectivity index is 0.000000190. The van der Waals surface area contributed by atoms with Gasteiger partial charge >= 0.3 is 0 Å². The van der Waals surface area contributed by atoms with Crippen LogP contribution < -0.4 is 11.5 Å². The number of anilines is 2. The maximum absolute atomic E-state index is 12.3. The Morgan fingerprint density at radius 1 is 0.576 bits per heavy atom. The summed E-state index contributed by atoms with van der Waals surface area (Å²) < 4.78 is 0. The number of rotatable bonds is 0. The first kappa shape index (κ1) is 23.3. The molecule has 0 bridgehead atoms. The molecule has 0 aliphatic heterocycles. The Morgan fingerprint density at radius 3 is 1.15 bits per heavy atom. The maximum atomic E-state index is 12.3. The first-order valence-corrected chi connectivity index (χ1v) is 9.33. The predicted octanol–water partition coefficient (Wildman–Crippen LogP) is -1.02. The van der Waals surface area contributed by atoms with Crippen LogP contribution in [0, 0.1) is 0 Å². The van der Waals surface area contributed by atoms with Crippen molar-refractivity contribution in [1.29, 1.82) is 0 Å². The van der Waals surface area contributed by atoms with Gasteiger partial charge in [0.15, 0.2) is 11.6 Å². The lowest BCUT2D eigenvalue weighted by Gasteiger charge is -2.28. The van der Waals surface area contributed by atoms with E-state index in [-0.39, 0.29) is 11.6 Å². The van der Waals surface area contributed by atoms with Gasteiger partial charge in [-0.25, -0.2) is 14.4 Å². The minimum atomic E-state index is -1.78. The summed E-state index contributed by atoms with van der Waals surface area (Å²) in [5.41, 5.74) is 11.9. The van der Waals surface area contributed by atoms with E-state index in [0.717, 1.165) is 0 Å². The van der Waals surface area contributed by atoms with Crippen molar-refractivity contribution < 1.29 is 39.3 Å². The molecule has 2 aliphatic carbocycles. The molecule has 0 spiro atoms. The van der Waals surface area contributed by atoms with Gasteiger partial charge < -0.3 is 26.8 Å². The van der Waals surface area contributed by atoms with Crippen molar-refractivity contribution in [3.8, 4) is 0 Å². The Labute approximate surface area is 185 Å². The highest BCUT2D eigenvalue weighted by molar-refractivity contribution is 6.28. The van der Waals surface area contributed by atoms with Gasteiger partial charge in [0.05, 0.1) is 16.7 Å². The van der Waals surface area contributed by atoms with Crippen LogP contribution in [0.4, 0.5) is 11.4 Å². The monoisotopic (exact) mass is 448 g/mol. The summed E-state index contributed by atoms with van der Waals surface area (Å²) in [4.78, 5) is 55.6. The summed E-state index contributed by atoms with van der Waals surface area (Å²) in [5.74, 6) is 3.25. The van der Waals surface area contributed by atoms with Crippen LogP contribution in [0.15, 0.2) is 53.1 Å². The number of carbonyl (C=O) groups is 2. The van der Waals surface area contributed by atoms with Crippen molar-refractivity contribution in [1.82, 2.24) is 0 Å². The average Bonchev–Trinajstić information content (AvgIpc) is 2.78. The number of carbonyl (C=O) groups excluding carboxylic acids is 5. The number of aliphatic hydroxyl groups excluding tert-OH is 3. The molecule has 0 radical (unpaired) electrons. The molecular weight excluding hydrogens is 432 g/mol. The van der Waals surface area contributed by atoms with E-state index in [1.54, 1.807) is 24.3 Å². The number of fused-ring (bicyclic) bond motifs is 2. The highest BCUT2D eigenvalue weighted by Crippen LogP contribution is 2.30. The van der Waals surface area contributed by atoms with Gasteiger partial charge in [-0.3, -0.25) is 9.59 Å². The molecule has 0 saturated heterocycles. The first-order valence-electron chi connectivity index (χ1n) is 9.33. The highest BCUT2D eigenvalue weighted by atomic mass is 16.3. The largest absolute Gasteiger partial charge is 0.399 e. The Morgan fingerprint density at radius 2 is 0.879 bits per heavy atom. The van der Waals surface area contributed by atoms with Crippen LogP contribution >= 0.6 is 0 Å². The Kier molecular flexibility index (Phi) is 6.35. The molecule has 1 fully saturated rings. The van der Waals surface area contributed by atoms with E-state index in [1.807, 2.05) is 0 Å². The molecule has 10 heteroatoms. The van der Waals surface area contributed by atoms with E-state index in [1.165, 1.54) is 30.0 Å². The number of ketones is 2. The van der Waals surface area contributed by atoms with Crippen molar-refractivity contribution in [2.75, 3.05) is 11.5 Å². The van der Waals surface area contributed by atoms with Crippen LogP contribution in [-0.4, -0.2) is 63.0 Å². The van der Waals surface area contributed by atoms with Gasteiger partial charge in [0, 0.05) is 33.6 Å². The fourth-order valence-corrected chi connectivity index (χ4v) is 3.47. The lowest BCUT2D eigenvalue weighted by molar-refractivity contribution is 0.0979. The third-order valence-corrected chi connectivity index (χ3v) is 5.19. The molecule has 4 rings (SSSR count). The lowest BCUT2D eigenvalue weighted by atomic mass is 9.81. The molecule has 166 valence electrons. The Bertz CT molecular complexity index is 1200. The molecule has 0 unspecified atom stereocenters. The molecule has 1 saturated carbocycles. The van der Waals surface area contributed by atoms with Gasteiger partial charge in [0.25, 0.3) is 0 Å². The lowest BCUT2D eigenvalue weighted by Crippen LogP contribution is -2.41. The van der Waals surface area contributed by atoms with E-state index in [4.69, 9.17) is 11.5 Å². The molecule has 10 nitrogen and oxygen atoms in total. The van der Waals surface area contributed by atoms with E-state index in [9.17, 15) is 39.3 Å². The minimum Gasteiger partial charge on any atom is -0.399 e. The third-order valence-electron chi connectivity index (χ3n) is 5.19. The first-order chi connectivity index (χ1) is 15.7.